The molecule has 82 valence electrons. The molecule has 3 nitrogen and oxygen atoms in total. The molecule has 2 unspecified atom stereocenters. The molecule has 1 aromatic rings. The van der Waals surface area contributed by atoms with E-state index in [-0.39, 0.29) is 11.9 Å². The lowest BCUT2D eigenvalue weighted by molar-refractivity contribution is -0.141. The van der Waals surface area contributed by atoms with Crippen LogP contribution in [0.1, 0.15) is 13.8 Å². The van der Waals surface area contributed by atoms with Crippen LogP contribution in [-0.2, 0) is 4.79 Å². The number of halogens is 1. The molecule has 0 amide bonds. The van der Waals surface area contributed by atoms with Gasteiger partial charge in [0.05, 0.1) is 11.6 Å². The zero-order valence-electron chi connectivity index (χ0n) is 8.70. The van der Waals surface area contributed by atoms with E-state index >= 15 is 0 Å². The number of rotatable bonds is 4. The molecule has 1 rings (SSSR count). The van der Waals surface area contributed by atoms with Crippen LogP contribution in [0.15, 0.2) is 24.3 Å². The van der Waals surface area contributed by atoms with E-state index in [1.807, 2.05) is 0 Å². The van der Waals surface area contributed by atoms with Crippen molar-refractivity contribution in [1.29, 1.82) is 0 Å². The monoisotopic (exact) mass is 211 g/mol. The molecule has 0 heterocycles. The Hall–Kier alpha value is -1.58. The first-order valence-electron chi connectivity index (χ1n) is 4.76. The lowest BCUT2D eigenvalue weighted by Gasteiger charge is -2.19. The number of benzene rings is 1. The molecule has 0 saturated heterocycles. The summed E-state index contributed by atoms with van der Waals surface area (Å²) in [6, 6.07) is 5.88. The van der Waals surface area contributed by atoms with Gasteiger partial charge in [-0.2, -0.15) is 0 Å². The SMILES string of the molecule is CC(Nc1ccccc1F)C(C)C(=O)O. The van der Waals surface area contributed by atoms with Gasteiger partial charge in [0.1, 0.15) is 5.82 Å². The van der Waals surface area contributed by atoms with Crippen LogP contribution in [0.4, 0.5) is 10.1 Å². The second-order valence-corrected chi connectivity index (χ2v) is 3.54. The molecule has 4 heteroatoms. The summed E-state index contributed by atoms with van der Waals surface area (Å²) in [5.74, 6) is -1.84. The van der Waals surface area contributed by atoms with Crippen molar-refractivity contribution in [3.05, 3.63) is 30.1 Å². The first-order valence-corrected chi connectivity index (χ1v) is 4.76. The van der Waals surface area contributed by atoms with Gasteiger partial charge in [0.25, 0.3) is 0 Å². The molecule has 0 fully saturated rings. The van der Waals surface area contributed by atoms with Crippen LogP contribution >= 0.6 is 0 Å². The van der Waals surface area contributed by atoms with Crippen LogP contribution in [0.3, 0.4) is 0 Å². The minimum atomic E-state index is -0.897. The van der Waals surface area contributed by atoms with Gasteiger partial charge in [-0.25, -0.2) is 4.39 Å². The average Bonchev–Trinajstić information content (AvgIpc) is 2.20. The Bertz CT molecular complexity index is 354. The highest BCUT2D eigenvalue weighted by Gasteiger charge is 2.19. The molecule has 15 heavy (non-hydrogen) atoms. The molecule has 0 saturated carbocycles. The smallest absolute Gasteiger partial charge is 0.308 e. The lowest BCUT2D eigenvalue weighted by atomic mass is 10.0. The highest BCUT2D eigenvalue weighted by atomic mass is 19.1. The highest BCUT2D eigenvalue weighted by molar-refractivity contribution is 5.71. The van der Waals surface area contributed by atoms with Crippen molar-refractivity contribution in [2.24, 2.45) is 5.92 Å². The third-order valence-electron chi connectivity index (χ3n) is 2.40. The summed E-state index contributed by atoms with van der Waals surface area (Å²) in [6.45, 7) is 3.30. The number of hydrogen-bond acceptors (Lipinski definition) is 2. The molecule has 0 aliphatic carbocycles. The molecule has 0 spiro atoms. The second-order valence-electron chi connectivity index (χ2n) is 3.54. The third-order valence-corrected chi connectivity index (χ3v) is 2.40. The van der Waals surface area contributed by atoms with Crippen LogP contribution in [-0.4, -0.2) is 17.1 Å². The Kier molecular flexibility index (Phi) is 3.66. The van der Waals surface area contributed by atoms with Gasteiger partial charge >= 0.3 is 5.97 Å². The highest BCUT2D eigenvalue weighted by Crippen LogP contribution is 2.16. The van der Waals surface area contributed by atoms with Gasteiger partial charge in [0.15, 0.2) is 0 Å². The van der Waals surface area contributed by atoms with Crippen LogP contribution in [0.2, 0.25) is 0 Å². The summed E-state index contributed by atoms with van der Waals surface area (Å²) >= 11 is 0. The van der Waals surface area contributed by atoms with Crippen LogP contribution in [0, 0.1) is 11.7 Å². The average molecular weight is 211 g/mol. The molecule has 0 aliphatic rings. The first-order chi connectivity index (χ1) is 7.02. The van der Waals surface area contributed by atoms with Gasteiger partial charge in [-0.1, -0.05) is 12.1 Å². The summed E-state index contributed by atoms with van der Waals surface area (Å²) in [6.07, 6.45) is 0. The Balaban J connectivity index is 2.70. The summed E-state index contributed by atoms with van der Waals surface area (Å²) in [4.78, 5) is 10.7. The maximum atomic E-state index is 13.2. The predicted molar refractivity (Wildman–Crippen MR) is 56.3 cm³/mol. The van der Waals surface area contributed by atoms with E-state index in [4.69, 9.17) is 5.11 Å². The lowest BCUT2D eigenvalue weighted by Crippen LogP contribution is -2.30. The summed E-state index contributed by atoms with van der Waals surface area (Å²) in [5, 5.41) is 11.6. The number of carbonyl (C=O) groups is 1. The van der Waals surface area contributed by atoms with Gasteiger partial charge in [-0.3, -0.25) is 4.79 Å². The van der Waals surface area contributed by atoms with Crippen molar-refractivity contribution >= 4 is 11.7 Å². The predicted octanol–water partition coefficient (Wildman–Crippen LogP) is 2.35. The van der Waals surface area contributed by atoms with E-state index in [1.165, 1.54) is 6.07 Å². The summed E-state index contributed by atoms with van der Waals surface area (Å²) in [7, 11) is 0. The van der Waals surface area contributed by atoms with E-state index in [0.717, 1.165) is 0 Å². The van der Waals surface area contributed by atoms with E-state index in [9.17, 15) is 9.18 Å². The minimum absolute atomic E-state index is 0.320. The standard InChI is InChI=1S/C11H14FNO2/c1-7(11(14)15)8(2)13-10-6-4-3-5-9(10)12/h3-8,13H,1-2H3,(H,14,15). The normalized spacial score (nSPS) is 14.3. The quantitative estimate of drug-likeness (QED) is 0.803. The van der Waals surface area contributed by atoms with Crippen LogP contribution in [0.5, 0.6) is 0 Å². The number of anilines is 1. The van der Waals surface area contributed by atoms with Gasteiger partial charge in [0.2, 0.25) is 0 Å². The minimum Gasteiger partial charge on any atom is -0.481 e. The molecular formula is C11H14FNO2. The molecule has 2 N–H and O–H groups in total. The van der Waals surface area contributed by atoms with Crippen LogP contribution < -0.4 is 5.32 Å². The fraction of sp³-hybridized carbons (Fsp3) is 0.364. The Morgan fingerprint density at radius 1 is 1.40 bits per heavy atom. The molecule has 1 aromatic carbocycles. The van der Waals surface area contributed by atoms with Crippen molar-refractivity contribution in [2.75, 3.05) is 5.32 Å². The second kappa shape index (κ2) is 4.77. The maximum absolute atomic E-state index is 13.2. The molecular weight excluding hydrogens is 197 g/mol. The van der Waals surface area contributed by atoms with E-state index in [2.05, 4.69) is 5.32 Å². The van der Waals surface area contributed by atoms with Gasteiger partial charge in [-0.05, 0) is 26.0 Å². The number of aliphatic carboxylic acids is 1. The first kappa shape index (κ1) is 11.5. The number of hydrogen-bond donors (Lipinski definition) is 2. The Morgan fingerprint density at radius 3 is 2.53 bits per heavy atom. The van der Waals surface area contributed by atoms with Crippen molar-refractivity contribution < 1.29 is 14.3 Å². The van der Waals surface area contributed by atoms with Crippen molar-refractivity contribution in [1.82, 2.24) is 0 Å². The maximum Gasteiger partial charge on any atom is 0.308 e. The number of carboxylic acids is 1. The molecule has 0 bridgehead atoms. The fourth-order valence-corrected chi connectivity index (χ4v) is 1.16. The Labute approximate surface area is 87.9 Å². The number of nitrogens with one attached hydrogen (secondary N) is 1. The third kappa shape index (κ3) is 2.94. The van der Waals surface area contributed by atoms with Gasteiger partial charge in [0, 0.05) is 6.04 Å². The van der Waals surface area contributed by atoms with E-state index in [1.54, 1.807) is 32.0 Å². The van der Waals surface area contributed by atoms with Crippen molar-refractivity contribution in [2.45, 2.75) is 19.9 Å². The zero-order chi connectivity index (χ0) is 11.4. The Morgan fingerprint density at radius 2 is 2.00 bits per heavy atom. The molecule has 2 atom stereocenters. The number of para-hydroxylation sites is 1. The molecule has 0 aliphatic heterocycles. The molecule has 0 radical (unpaired) electrons. The van der Waals surface area contributed by atoms with Crippen molar-refractivity contribution in [3.63, 3.8) is 0 Å². The topological polar surface area (TPSA) is 49.3 Å². The number of carboxylic acid groups (broad SMARTS) is 1. The summed E-state index contributed by atoms with van der Waals surface area (Å²) in [5.41, 5.74) is 0.332. The van der Waals surface area contributed by atoms with Crippen molar-refractivity contribution in [3.8, 4) is 0 Å². The zero-order valence-corrected chi connectivity index (χ0v) is 8.70. The fourth-order valence-electron chi connectivity index (χ4n) is 1.16. The van der Waals surface area contributed by atoms with Crippen LogP contribution in [0.25, 0.3) is 0 Å². The van der Waals surface area contributed by atoms with E-state index < -0.39 is 11.9 Å². The van der Waals surface area contributed by atoms with E-state index in [0.29, 0.717) is 5.69 Å². The summed E-state index contributed by atoms with van der Waals surface area (Å²) < 4.78 is 13.2. The largest absolute Gasteiger partial charge is 0.481 e. The molecule has 0 aromatic heterocycles. The van der Waals surface area contributed by atoms with Gasteiger partial charge in [-0.15, -0.1) is 0 Å². The van der Waals surface area contributed by atoms with Gasteiger partial charge < -0.3 is 10.4 Å².